The molecule has 35 heavy (non-hydrogen) atoms. The van der Waals surface area contributed by atoms with E-state index in [-0.39, 0.29) is 0 Å². The van der Waals surface area contributed by atoms with Crippen molar-refractivity contribution in [3.05, 3.63) is 84.4 Å². The van der Waals surface area contributed by atoms with E-state index < -0.39 is 18.3 Å². The summed E-state index contributed by atoms with van der Waals surface area (Å²) in [7, 11) is -0.434. The van der Waals surface area contributed by atoms with Crippen molar-refractivity contribution in [1.82, 2.24) is 15.0 Å². The molecule has 4 aromatic rings. The Morgan fingerprint density at radius 1 is 0.657 bits per heavy atom. The summed E-state index contributed by atoms with van der Waals surface area (Å²) in [5, 5.41) is 9.33. The largest absolute Gasteiger partial charge is 0.494 e. The molecule has 6 nitrogen and oxygen atoms in total. The van der Waals surface area contributed by atoms with Crippen molar-refractivity contribution in [2.24, 2.45) is 0 Å². The molecule has 0 N–H and O–H groups in total. The van der Waals surface area contributed by atoms with E-state index in [0.29, 0.717) is 23.0 Å². The van der Waals surface area contributed by atoms with Crippen LogP contribution in [0.15, 0.2) is 78.9 Å². The van der Waals surface area contributed by atoms with Gasteiger partial charge < -0.3 is 9.31 Å². The van der Waals surface area contributed by atoms with Crippen LogP contribution < -0.4 is 5.46 Å². The maximum Gasteiger partial charge on any atom is 0.494 e. The predicted octanol–water partition coefficient (Wildman–Crippen LogP) is 5.04. The summed E-state index contributed by atoms with van der Waals surface area (Å²) in [4.78, 5) is 14.2. The highest BCUT2D eigenvalue weighted by atomic mass is 16.7. The van der Waals surface area contributed by atoms with Crippen LogP contribution in [-0.4, -0.2) is 33.3 Å². The first-order chi connectivity index (χ1) is 16.8. The van der Waals surface area contributed by atoms with Gasteiger partial charge in [-0.25, -0.2) is 15.0 Å². The van der Waals surface area contributed by atoms with E-state index in [1.807, 2.05) is 94.4 Å². The van der Waals surface area contributed by atoms with E-state index in [1.165, 1.54) is 0 Å². The summed E-state index contributed by atoms with van der Waals surface area (Å²) < 4.78 is 12.4. The summed E-state index contributed by atoms with van der Waals surface area (Å²) in [6.45, 7) is 8.17. The van der Waals surface area contributed by atoms with Crippen molar-refractivity contribution in [3.63, 3.8) is 0 Å². The number of benzene rings is 3. The fourth-order valence-corrected chi connectivity index (χ4v) is 3.85. The first kappa shape index (κ1) is 22.9. The molecular weight excluding hydrogens is 435 g/mol. The van der Waals surface area contributed by atoms with Gasteiger partial charge in [-0.2, -0.15) is 5.26 Å². The Balaban J connectivity index is 1.55. The zero-order valence-corrected chi connectivity index (χ0v) is 20.2. The van der Waals surface area contributed by atoms with Gasteiger partial charge in [-0.15, -0.1) is 0 Å². The zero-order chi connectivity index (χ0) is 24.6. The van der Waals surface area contributed by atoms with Crippen LogP contribution in [0.2, 0.25) is 0 Å². The smallest absolute Gasteiger partial charge is 0.399 e. The highest BCUT2D eigenvalue weighted by Gasteiger charge is 2.51. The normalized spacial score (nSPS) is 16.1. The van der Waals surface area contributed by atoms with E-state index in [9.17, 15) is 5.26 Å². The average Bonchev–Trinajstić information content (AvgIpc) is 3.11. The first-order valence-corrected chi connectivity index (χ1v) is 11.5. The fraction of sp³-hybridized carbons (Fsp3) is 0.214. The number of aromatic nitrogens is 3. The molecule has 1 aromatic heterocycles. The first-order valence-electron chi connectivity index (χ1n) is 11.5. The molecule has 1 saturated heterocycles. The van der Waals surface area contributed by atoms with Crippen LogP contribution in [0.5, 0.6) is 0 Å². The van der Waals surface area contributed by atoms with Gasteiger partial charge in [0.05, 0.1) is 22.8 Å². The quantitative estimate of drug-likeness (QED) is 0.397. The Kier molecular flexibility index (Phi) is 5.72. The summed E-state index contributed by atoms with van der Waals surface area (Å²) in [5.41, 5.74) is 3.19. The molecule has 3 aromatic carbocycles. The minimum atomic E-state index is -0.434. The molecule has 0 bridgehead atoms. The van der Waals surface area contributed by atoms with Gasteiger partial charge in [0.2, 0.25) is 0 Å². The fourth-order valence-electron chi connectivity index (χ4n) is 3.85. The van der Waals surface area contributed by atoms with Crippen molar-refractivity contribution in [2.45, 2.75) is 38.9 Å². The maximum absolute atomic E-state index is 9.33. The molecular formula is C28H25BN4O2. The van der Waals surface area contributed by atoms with Crippen LogP contribution in [-0.2, 0) is 9.31 Å². The Morgan fingerprint density at radius 3 is 1.74 bits per heavy atom. The lowest BCUT2D eigenvalue weighted by Crippen LogP contribution is -2.41. The van der Waals surface area contributed by atoms with Gasteiger partial charge in [-0.3, -0.25) is 0 Å². The lowest BCUT2D eigenvalue weighted by atomic mass is 9.79. The van der Waals surface area contributed by atoms with Crippen LogP contribution in [0.4, 0.5) is 0 Å². The summed E-state index contributed by atoms with van der Waals surface area (Å²) in [6, 6.07) is 27.2. The molecule has 1 fully saturated rings. The number of rotatable bonds is 4. The van der Waals surface area contributed by atoms with E-state index in [2.05, 4.69) is 6.07 Å². The van der Waals surface area contributed by atoms with Gasteiger partial charge in [0.15, 0.2) is 17.5 Å². The lowest BCUT2D eigenvalue weighted by molar-refractivity contribution is 0.00578. The minimum Gasteiger partial charge on any atom is -0.399 e. The molecule has 1 aliphatic rings. The van der Waals surface area contributed by atoms with E-state index in [4.69, 9.17) is 24.3 Å². The number of hydrogen-bond acceptors (Lipinski definition) is 6. The van der Waals surface area contributed by atoms with Gasteiger partial charge in [0.1, 0.15) is 0 Å². The molecule has 0 unspecified atom stereocenters. The monoisotopic (exact) mass is 460 g/mol. The van der Waals surface area contributed by atoms with Crippen molar-refractivity contribution in [1.29, 1.82) is 5.26 Å². The Labute approximate surface area is 205 Å². The number of hydrogen-bond donors (Lipinski definition) is 0. The van der Waals surface area contributed by atoms with Crippen LogP contribution >= 0.6 is 0 Å². The van der Waals surface area contributed by atoms with Gasteiger partial charge in [0.25, 0.3) is 0 Å². The van der Waals surface area contributed by atoms with Gasteiger partial charge in [-0.05, 0) is 45.3 Å². The predicted molar refractivity (Wildman–Crippen MR) is 137 cm³/mol. The van der Waals surface area contributed by atoms with Crippen LogP contribution in [0, 0.1) is 11.3 Å². The summed E-state index contributed by atoms with van der Waals surface area (Å²) in [5.74, 6) is 1.64. The summed E-state index contributed by atoms with van der Waals surface area (Å²) >= 11 is 0. The third-order valence-corrected chi connectivity index (χ3v) is 6.61. The number of nitriles is 1. The molecule has 5 rings (SSSR count). The van der Waals surface area contributed by atoms with Crippen molar-refractivity contribution >= 4 is 12.6 Å². The maximum atomic E-state index is 9.33. The van der Waals surface area contributed by atoms with Crippen LogP contribution in [0.1, 0.15) is 33.3 Å². The molecule has 1 aliphatic heterocycles. The van der Waals surface area contributed by atoms with E-state index in [1.54, 1.807) is 12.1 Å². The average molecular weight is 460 g/mol. The third kappa shape index (κ3) is 4.46. The number of nitrogens with zero attached hydrogens (tertiary/aromatic N) is 4. The van der Waals surface area contributed by atoms with E-state index >= 15 is 0 Å². The second-order valence-electron chi connectivity index (χ2n) is 9.58. The Morgan fingerprint density at radius 2 is 1.17 bits per heavy atom. The zero-order valence-electron chi connectivity index (χ0n) is 20.2. The van der Waals surface area contributed by atoms with Gasteiger partial charge in [-0.1, -0.05) is 66.7 Å². The molecule has 2 heterocycles. The summed E-state index contributed by atoms with van der Waals surface area (Å²) in [6.07, 6.45) is 0. The van der Waals surface area contributed by atoms with Gasteiger partial charge >= 0.3 is 7.12 Å². The van der Waals surface area contributed by atoms with Crippen molar-refractivity contribution in [2.75, 3.05) is 0 Å². The van der Waals surface area contributed by atoms with Crippen molar-refractivity contribution in [3.8, 4) is 40.2 Å². The molecule has 0 radical (unpaired) electrons. The standard InChI is InChI=1S/C28H25BN4O2/c1-27(2)28(3,4)35-29(34-27)23-15-13-21(14-16-23)25-31-24(20-10-6-5-7-11-20)32-26(33-25)22-12-8-9-19(17-22)18-30/h5-17H,1-4H3. The molecule has 0 aliphatic carbocycles. The molecule has 172 valence electrons. The highest BCUT2D eigenvalue weighted by molar-refractivity contribution is 6.62. The van der Waals surface area contributed by atoms with Crippen LogP contribution in [0.3, 0.4) is 0 Å². The highest BCUT2D eigenvalue weighted by Crippen LogP contribution is 2.36. The molecule has 0 atom stereocenters. The van der Waals surface area contributed by atoms with E-state index in [0.717, 1.165) is 22.2 Å². The van der Waals surface area contributed by atoms with Gasteiger partial charge in [0, 0.05) is 16.7 Å². The Hall–Kier alpha value is -3.86. The second-order valence-corrected chi connectivity index (χ2v) is 9.58. The Bertz CT molecular complexity index is 1400. The molecule has 0 saturated carbocycles. The SMILES string of the molecule is CC1(C)OB(c2ccc(-c3nc(-c4ccccc4)nc(-c4cccc(C#N)c4)n3)cc2)OC1(C)C. The topological polar surface area (TPSA) is 80.9 Å². The van der Waals surface area contributed by atoms with Crippen molar-refractivity contribution < 1.29 is 9.31 Å². The second kappa shape index (κ2) is 8.73. The lowest BCUT2D eigenvalue weighted by Gasteiger charge is -2.32. The minimum absolute atomic E-state index is 0.401. The molecule has 7 heteroatoms. The third-order valence-electron chi connectivity index (χ3n) is 6.61. The molecule has 0 spiro atoms. The molecule has 0 amide bonds. The van der Waals surface area contributed by atoms with Crippen LogP contribution in [0.25, 0.3) is 34.2 Å².